The predicted molar refractivity (Wildman–Crippen MR) is 89.1 cm³/mol. The van der Waals surface area contributed by atoms with Crippen LogP contribution in [0.5, 0.6) is 0 Å². The smallest absolute Gasteiger partial charge is 0.0687 e. The van der Waals surface area contributed by atoms with Gasteiger partial charge in [-0.05, 0) is 82.2 Å². The van der Waals surface area contributed by atoms with Gasteiger partial charge in [0.15, 0.2) is 0 Å². The molecule has 4 aliphatic rings. The number of rotatable bonds is 2. The first-order valence-electron chi connectivity index (χ1n) is 9.52. The monoisotopic (exact) mass is 298 g/mol. The predicted octanol–water partition coefficient (Wildman–Crippen LogP) is 4.38. The third-order valence-electron chi connectivity index (χ3n) is 7.13. The maximum atomic E-state index is 9.36. The van der Waals surface area contributed by atoms with E-state index in [1.165, 1.54) is 38.5 Å². The molecule has 120 valence electrons. The molecule has 0 aromatic carbocycles. The Labute approximate surface area is 135 Å². The molecule has 1 aliphatic heterocycles. The highest BCUT2D eigenvalue weighted by Crippen LogP contribution is 2.51. The van der Waals surface area contributed by atoms with Gasteiger partial charge in [-0.15, -0.1) is 0 Å². The molecule has 1 saturated heterocycles. The summed E-state index contributed by atoms with van der Waals surface area (Å²) in [6, 6.07) is 3.35. The van der Waals surface area contributed by atoms with E-state index in [0.717, 1.165) is 55.6 Å². The van der Waals surface area contributed by atoms with Crippen molar-refractivity contribution < 1.29 is 0 Å². The molecule has 0 aromatic rings. The molecule has 22 heavy (non-hydrogen) atoms. The van der Waals surface area contributed by atoms with Gasteiger partial charge in [-0.1, -0.05) is 25.0 Å². The first-order valence-corrected chi connectivity index (χ1v) is 9.52. The summed E-state index contributed by atoms with van der Waals surface area (Å²) in [6.07, 6.45) is 15.9. The topological polar surface area (TPSA) is 27.0 Å². The van der Waals surface area contributed by atoms with Gasteiger partial charge in [0.1, 0.15) is 0 Å². The number of fused-ring (bicyclic) bond motifs is 1. The largest absolute Gasteiger partial charge is 0.300 e. The van der Waals surface area contributed by atoms with Crippen molar-refractivity contribution in [1.82, 2.24) is 4.90 Å². The summed E-state index contributed by atoms with van der Waals surface area (Å²) in [5.41, 5.74) is -0.0629. The highest BCUT2D eigenvalue weighted by molar-refractivity contribution is 5.12. The van der Waals surface area contributed by atoms with E-state index in [1.54, 1.807) is 0 Å². The highest BCUT2D eigenvalue weighted by atomic mass is 15.2. The van der Waals surface area contributed by atoms with Crippen LogP contribution in [0.2, 0.25) is 0 Å². The molecule has 2 saturated carbocycles. The molecule has 5 atom stereocenters. The number of nitrogens with zero attached hydrogens (tertiary/aromatic N) is 2. The number of hydrogen-bond acceptors (Lipinski definition) is 2. The van der Waals surface area contributed by atoms with Crippen molar-refractivity contribution >= 4 is 0 Å². The van der Waals surface area contributed by atoms with Crippen molar-refractivity contribution in [2.24, 2.45) is 29.1 Å². The Hall–Kier alpha value is -0.810. The van der Waals surface area contributed by atoms with E-state index in [1.807, 2.05) is 0 Å². The van der Waals surface area contributed by atoms with E-state index < -0.39 is 0 Å². The zero-order valence-corrected chi connectivity index (χ0v) is 14.0. The van der Waals surface area contributed by atoms with Gasteiger partial charge in [0.25, 0.3) is 0 Å². The molecule has 0 aromatic heterocycles. The van der Waals surface area contributed by atoms with Gasteiger partial charge in [-0.3, -0.25) is 4.90 Å². The lowest BCUT2D eigenvalue weighted by molar-refractivity contribution is 0.0393. The second-order valence-electron chi connectivity index (χ2n) is 8.67. The number of nitriles is 1. The first kappa shape index (κ1) is 14.8. The van der Waals surface area contributed by atoms with Crippen LogP contribution in [0.15, 0.2) is 12.2 Å². The maximum absolute atomic E-state index is 9.36. The highest BCUT2D eigenvalue weighted by Gasteiger charge is 2.44. The van der Waals surface area contributed by atoms with Crippen molar-refractivity contribution in [2.45, 2.75) is 64.3 Å². The quantitative estimate of drug-likeness (QED) is 0.707. The van der Waals surface area contributed by atoms with Crippen molar-refractivity contribution in [1.29, 1.82) is 5.26 Å². The van der Waals surface area contributed by atoms with Crippen LogP contribution in [0.25, 0.3) is 0 Å². The molecule has 1 heterocycles. The van der Waals surface area contributed by atoms with E-state index in [2.05, 4.69) is 30.0 Å². The van der Waals surface area contributed by atoms with Crippen LogP contribution in [0.3, 0.4) is 0 Å². The molecule has 0 spiro atoms. The Bertz CT molecular complexity index is 480. The molecule has 0 N–H and O–H groups in total. The molecule has 0 bridgehead atoms. The maximum Gasteiger partial charge on any atom is 0.0687 e. The zero-order valence-electron chi connectivity index (χ0n) is 14.0. The minimum absolute atomic E-state index is 0.0629. The zero-order chi connectivity index (χ0) is 15.2. The molecule has 4 rings (SSSR count). The molecule has 0 radical (unpaired) electrons. The lowest BCUT2D eigenvalue weighted by Gasteiger charge is -2.46. The lowest BCUT2D eigenvalue weighted by Crippen LogP contribution is -2.49. The van der Waals surface area contributed by atoms with E-state index in [-0.39, 0.29) is 5.41 Å². The molecule has 2 heteroatoms. The minimum Gasteiger partial charge on any atom is -0.300 e. The third kappa shape index (κ3) is 2.73. The Morgan fingerprint density at radius 3 is 2.45 bits per heavy atom. The number of likely N-dealkylation sites (tertiary alicyclic amines) is 1. The molecule has 0 amide bonds. The van der Waals surface area contributed by atoms with Gasteiger partial charge < -0.3 is 0 Å². The second kappa shape index (κ2) is 5.68. The second-order valence-corrected chi connectivity index (χ2v) is 8.67. The van der Waals surface area contributed by atoms with Gasteiger partial charge in [-0.25, -0.2) is 0 Å². The Balaban J connectivity index is 1.44. The fraction of sp³-hybridized carbons (Fsp3) is 0.850. The van der Waals surface area contributed by atoms with Crippen LogP contribution in [0.4, 0.5) is 0 Å². The fourth-order valence-electron chi connectivity index (χ4n) is 5.36. The van der Waals surface area contributed by atoms with Crippen molar-refractivity contribution in [3.05, 3.63) is 12.2 Å². The summed E-state index contributed by atoms with van der Waals surface area (Å²) in [4.78, 5) is 2.76. The van der Waals surface area contributed by atoms with Gasteiger partial charge in [0.2, 0.25) is 0 Å². The van der Waals surface area contributed by atoms with Crippen molar-refractivity contribution in [3.63, 3.8) is 0 Å². The van der Waals surface area contributed by atoms with Gasteiger partial charge in [0.05, 0.1) is 11.5 Å². The Morgan fingerprint density at radius 2 is 1.73 bits per heavy atom. The lowest BCUT2D eigenvalue weighted by atomic mass is 9.71. The van der Waals surface area contributed by atoms with Crippen LogP contribution >= 0.6 is 0 Å². The van der Waals surface area contributed by atoms with Crippen LogP contribution in [0.1, 0.15) is 58.3 Å². The summed E-state index contributed by atoms with van der Waals surface area (Å²) in [5.74, 6) is 3.71. The first-order chi connectivity index (χ1) is 10.7. The van der Waals surface area contributed by atoms with Crippen LogP contribution in [0, 0.1) is 40.4 Å². The van der Waals surface area contributed by atoms with E-state index in [4.69, 9.17) is 0 Å². The fourth-order valence-corrected chi connectivity index (χ4v) is 5.36. The average Bonchev–Trinajstić information content (AvgIpc) is 3.34. The van der Waals surface area contributed by atoms with Crippen LogP contribution in [-0.2, 0) is 0 Å². The summed E-state index contributed by atoms with van der Waals surface area (Å²) in [6.45, 7) is 4.45. The third-order valence-corrected chi connectivity index (χ3v) is 7.13. The number of allylic oxidation sites excluding steroid dienone is 2. The average molecular weight is 298 g/mol. The number of piperidine rings is 1. The van der Waals surface area contributed by atoms with Gasteiger partial charge in [0, 0.05) is 6.04 Å². The molecule has 2 nitrogen and oxygen atoms in total. The summed E-state index contributed by atoms with van der Waals surface area (Å²) >= 11 is 0. The van der Waals surface area contributed by atoms with E-state index in [9.17, 15) is 5.26 Å². The molecule has 3 fully saturated rings. The van der Waals surface area contributed by atoms with Crippen LogP contribution in [-0.4, -0.2) is 24.0 Å². The summed E-state index contributed by atoms with van der Waals surface area (Å²) in [5, 5.41) is 9.36. The summed E-state index contributed by atoms with van der Waals surface area (Å²) < 4.78 is 0. The molecule has 3 aliphatic carbocycles. The SMILES string of the molecule is CC1(C#N)CCN([C@H]2CCCC[C@H]2C2C=CC3CC3C2)CC1. The molecular formula is C20H30N2. The van der Waals surface area contributed by atoms with Gasteiger partial charge >= 0.3 is 0 Å². The molecular weight excluding hydrogens is 268 g/mol. The van der Waals surface area contributed by atoms with E-state index in [0.29, 0.717) is 0 Å². The molecule has 3 unspecified atom stereocenters. The normalized spacial score (nSPS) is 44.1. The van der Waals surface area contributed by atoms with Gasteiger partial charge in [-0.2, -0.15) is 5.26 Å². The number of hydrogen-bond donors (Lipinski definition) is 0. The summed E-state index contributed by atoms with van der Waals surface area (Å²) in [7, 11) is 0. The standard InChI is InChI=1S/C20H30N2/c1-20(14-21)8-10-22(11-9-20)19-5-3-2-4-18(19)16-7-6-15-12-17(15)13-16/h6-7,15-19H,2-5,8-13H2,1H3/t15?,16?,17?,18-,19-/m0/s1. The Kier molecular flexibility index (Phi) is 3.81. The minimum atomic E-state index is -0.0629. The van der Waals surface area contributed by atoms with Crippen molar-refractivity contribution in [2.75, 3.05) is 13.1 Å². The van der Waals surface area contributed by atoms with Crippen LogP contribution < -0.4 is 0 Å². The van der Waals surface area contributed by atoms with Crippen molar-refractivity contribution in [3.8, 4) is 6.07 Å². The van der Waals surface area contributed by atoms with E-state index >= 15 is 0 Å². The Morgan fingerprint density at radius 1 is 1.05 bits per heavy atom.